The van der Waals surface area contributed by atoms with Gasteiger partial charge in [-0.05, 0) is 48.1 Å². The van der Waals surface area contributed by atoms with E-state index in [4.69, 9.17) is 11.6 Å². The summed E-state index contributed by atoms with van der Waals surface area (Å²) in [6.07, 6.45) is 0. The molecule has 96 valence electrons. The van der Waals surface area contributed by atoms with Gasteiger partial charge in [0, 0.05) is 15.6 Å². The van der Waals surface area contributed by atoms with Crippen LogP contribution in [0, 0.1) is 12.8 Å². The maximum Gasteiger partial charge on any atom is 0.0629 e. The summed E-state index contributed by atoms with van der Waals surface area (Å²) in [4.78, 5) is 1.37. The van der Waals surface area contributed by atoms with Crippen molar-refractivity contribution >= 4 is 28.6 Å². The van der Waals surface area contributed by atoms with Crippen molar-refractivity contribution in [1.29, 1.82) is 0 Å². The Labute approximate surface area is 118 Å². The Morgan fingerprint density at radius 1 is 1.22 bits per heavy atom. The number of benzene rings is 1. The minimum Gasteiger partial charge on any atom is -0.377 e. The molecule has 0 spiro atoms. The Morgan fingerprint density at radius 3 is 2.56 bits per heavy atom. The van der Waals surface area contributed by atoms with E-state index in [-0.39, 0.29) is 0 Å². The van der Waals surface area contributed by atoms with E-state index >= 15 is 0 Å². The summed E-state index contributed by atoms with van der Waals surface area (Å²) in [7, 11) is 0. The zero-order chi connectivity index (χ0) is 13.1. The molecule has 0 aliphatic rings. The number of thiophene rings is 1. The van der Waals surface area contributed by atoms with Gasteiger partial charge in [0.2, 0.25) is 0 Å². The second-order valence-electron chi connectivity index (χ2n) is 4.84. The standard InChI is InChI=1S/C15H18ClNS/c1-10(2)15(14-5-4-8-18-14)17-13-7-6-12(16)9-11(13)3/h4-10,15,17H,1-3H3. The summed E-state index contributed by atoms with van der Waals surface area (Å²) in [5, 5.41) is 6.54. The Balaban J connectivity index is 2.24. The number of halogens is 1. The van der Waals surface area contributed by atoms with E-state index in [2.05, 4.69) is 49.7 Å². The highest BCUT2D eigenvalue weighted by molar-refractivity contribution is 7.10. The molecule has 18 heavy (non-hydrogen) atoms. The molecule has 0 amide bonds. The monoisotopic (exact) mass is 279 g/mol. The quantitative estimate of drug-likeness (QED) is 0.777. The minimum atomic E-state index is 0.352. The molecule has 1 atom stereocenters. The van der Waals surface area contributed by atoms with Crippen LogP contribution < -0.4 is 5.32 Å². The van der Waals surface area contributed by atoms with Crippen LogP contribution >= 0.6 is 22.9 Å². The van der Waals surface area contributed by atoms with E-state index in [0.29, 0.717) is 12.0 Å². The van der Waals surface area contributed by atoms with Crippen molar-refractivity contribution in [3.05, 3.63) is 51.2 Å². The molecule has 1 aromatic heterocycles. The molecule has 1 heterocycles. The fraction of sp³-hybridized carbons (Fsp3) is 0.333. The molecule has 0 bridgehead atoms. The average Bonchev–Trinajstić information content (AvgIpc) is 2.80. The highest BCUT2D eigenvalue weighted by Crippen LogP contribution is 2.31. The van der Waals surface area contributed by atoms with Crippen molar-refractivity contribution in [1.82, 2.24) is 0 Å². The lowest BCUT2D eigenvalue weighted by molar-refractivity contribution is 0.553. The average molecular weight is 280 g/mol. The molecule has 1 unspecified atom stereocenters. The van der Waals surface area contributed by atoms with Gasteiger partial charge in [0.25, 0.3) is 0 Å². The summed E-state index contributed by atoms with van der Waals surface area (Å²) >= 11 is 7.79. The molecule has 0 aliphatic heterocycles. The molecule has 0 fully saturated rings. The normalized spacial score (nSPS) is 12.7. The zero-order valence-corrected chi connectivity index (χ0v) is 12.5. The number of anilines is 1. The number of hydrogen-bond acceptors (Lipinski definition) is 2. The van der Waals surface area contributed by atoms with Gasteiger partial charge in [-0.2, -0.15) is 0 Å². The van der Waals surface area contributed by atoms with Gasteiger partial charge in [0.05, 0.1) is 6.04 Å². The predicted molar refractivity (Wildman–Crippen MR) is 81.7 cm³/mol. The summed E-state index contributed by atoms with van der Waals surface area (Å²) in [6, 6.07) is 10.6. The van der Waals surface area contributed by atoms with Gasteiger partial charge in [0.1, 0.15) is 0 Å². The van der Waals surface area contributed by atoms with Crippen LogP contribution in [-0.2, 0) is 0 Å². The van der Waals surface area contributed by atoms with Crippen LogP contribution in [0.2, 0.25) is 5.02 Å². The van der Waals surface area contributed by atoms with Crippen LogP contribution in [0.5, 0.6) is 0 Å². The third-order valence-corrected chi connectivity index (χ3v) is 4.21. The molecule has 3 heteroatoms. The van der Waals surface area contributed by atoms with Crippen molar-refractivity contribution < 1.29 is 0 Å². The molecule has 0 aliphatic carbocycles. The first-order valence-electron chi connectivity index (χ1n) is 6.14. The van der Waals surface area contributed by atoms with E-state index < -0.39 is 0 Å². The first-order chi connectivity index (χ1) is 8.58. The number of nitrogens with one attached hydrogen (secondary N) is 1. The maximum absolute atomic E-state index is 5.99. The Morgan fingerprint density at radius 2 is 2.00 bits per heavy atom. The van der Waals surface area contributed by atoms with E-state index in [1.807, 2.05) is 12.1 Å². The minimum absolute atomic E-state index is 0.352. The van der Waals surface area contributed by atoms with Gasteiger partial charge in [-0.25, -0.2) is 0 Å². The van der Waals surface area contributed by atoms with Crippen LogP contribution in [0.4, 0.5) is 5.69 Å². The number of hydrogen-bond donors (Lipinski definition) is 1. The number of rotatable bonds is 4. The zero-order valence-electron chi connectivity index (χ0n) is 10.9. The van der Waals surface area contributed by atoms with Gasteiger partial charge in [-0.15, -0.1) is 11.3 Å². The van der Waals surface area contributed by atoms with Crippen molar-refractivity contribution in [3.63, 3.8) is 0 Å². The molecule has 0 saturated carbocycles. The van der Waals surface area contributed by atoms with Crippen molar-refractivity contribution in [2.24, 2.45) is 5.92 Å². The molecule has 2 rings (SSSR count). The van der Waals surface area contributed by atoms with Gasteiger partial charge in [-0.3, -0.25) is 0 Å². The van der Waals surface area contributed by atoms with Crippen LogP contribution in [0.3, 0.4) is 0 Å². The molecule has 1 nitrogen and oxygen atoms in total. The number of aryl methyl sites for hydroxylation is 1. The van der Waals surface area contributed by atoms with Crippen molar-refractivity contribution in [2.45, 2.75) is 26.8 Å². The van der Waals surface area contributed by atoms with Crippen LogP contribution in [-0.4, -0.2) is 0 Å². The lowest BCUT2D eigenvalue weighted by Crippen LogP contribution is -2.16. The maximum atomic E-state index is 5.99. The van der Waals surface area contributed by atoms with Crippen molar-refractivity contribution in [2.75, 3.05) is 5.32 Å². The summed E-state index contributed by atoms with van der Waals surface area (Å²) in [6.45, 7) is 6.56. The van der Waals surface area contributed by atoms with Gasteiger partial charge < -0.3 is 5.32 Å². The van der Waals surface area contributed by atoms with Crippen molar-refractivity contribution in [3.8, 4) is 0 Å². The molecular weight excluding hydrogens is 262 g/mol. The molecular formula is C15H18ClNS. The SMILES string of the molecule is Cc1cc(Cl)ccc1NC(c1cccs1)C(C)C. The van der Waals surface area contributed by atoms with Crippen LogP contribution in [0.1, 0.15) is 30.3 Å². The first kappa shape index (κ1) is 13.4. The summed E-state index contributed by atoms with van der Waals surface area (Å²) in [5.74, 6) is 0.540. The molecule has 0 radical (unpaired) electrons. The molecule has 2 aromatic rings. The fourth-order valence-electron chi connectivity index (χ4n) is 1.99. The van der Waals surface area contributed by atoms with Crippen LogP contribution in [0.15, 0.2) is 35.7 Å². The van der Waals surface area contributed by atoms with Gasteiger partial charge in [-0.1, -0.05) is 31.5 Å². The van der Waals surface area contributed by atoms with Gasteiger partial charge >= 0.3 is 0 Å². The van der Waals surface area contributed by atoms with E-state index in [0.717, 1.165) is 10.7 Å². The first-order valence-corrected chi connectivity index (χ1v) is 7.40. The van der Waals surface area contributed by atoms with E-state index in [9.17, 15) is 0 Å². The lowest BCUT2D eigenvalue weighted by atomic mass is 10.0. The Bertz CT molecular complexity index is 505. The fourth-order valence-corrected chi connectivity index (χ4v) is 3.17. The molecule has 0 saturated heterocycles. The van der Waals surface area contributed by atoms with E-state index in [1.165, 1.54) is 10.4 Å². The molecule has 1 N–H and O–H groups in total. The third kappa shape index (κ3) is 3.06. The lowest BCUT2D eigenvalue weighted by Gasteiger charge is -2.23. The topological polar surface area (TPSA) is 12.0 Å². The van der Waals surface area contributed by atoms with Gasteiger partial charge in [0.15, 0.2) is 0 Å². The highest BCUT2D eigenvalue weighted by Gasteiger charge is 2.17. The van der Waals surface area contributed by atoms with Crippen LogP contribution in [0.25, 0.3) is 0 Å². The largest absolute Gasteiger partial charge is 0.377 e. The second-order valence-corrected chi connectivity index (χ2v) is 6.26. The Hall–Kier alpha value is -0.990. The molecule has 1 aromatic carbocycles. The smallest absolute Gasteiger partial charge is 0.0629 e. The Kier molecular flexibility index (Phi) is 4.31. The third-order valence-electron chi connectivity index (χ3n) is 3.02. The van der Waals surface area contributed by atoms with E-state index in [1.54, 1.807) is 11.3 Å². The summed E-state index contributed by atoms with van der Waals surface area (Å²) < 4.78 is 0. The summed E-state index contributed by atoms with van der Waals surface area (Å²) in [5.41, 5.74) is 2.34. The second kappa shape index (κ2) is 5.77. The highest BCUT2D eigenvalue weighted by atomic mass is 35.5. The predicted octanol–water partition coefficient (Wildman–Crippen LogP) is 5.52.